The number of rotatable bonds is 2. The van der Waals surface area contributed by atoms with Gasteiger partial charge >= 0.3 is 0 Å². The largest absolute Gasteiger partial charge is 0.541 e. The normalized spacial score (nSPS) is 12.3. The van der Waals surface area contributed by atoms with Crippen LogP contribution in [-0.2, 0) is 0 Å². The molecule has 0 unspecified atom stereocenters. The molecule has 3 heteroatoms. The monoisotopic (exact) mass is 260 g/mol. The third-order valence-electron chi connectivity index (χ3n) is 2.57. The maximum absolute atomic E-state index is 8.78. The van der Waals surface area contributed by atoms with E-state index in [9.17, 15) is 0 Å². The second kappa shape index (κ2) is 5.15. The molecule has 0 aliphatic heterocycles. The minimum Gasteiger partial charge on any atom is -0.541 e. The van der Waals surface area contributed by atoms with Crippen LogP contribution in [0.1, 0.15) is 47.1 Å². The Hall–Kier alpha value is -1.27. The van der Waals surface area contributed by atoms with Crippen molar-refractivity contribution in [2.24, 2.45) is 0 Å². The van der Waals surface area contributed by atoms with Crippen LogP contribution in [0, 0.1) is 11.3 Å². The van der Waals surface area contributed by atoms with Crippen LogP contribution >= 0.6 is 0 Å². The summed E-state index contributed by atoms with van der Waals surface area (Å²) in [5, 5.41) is 9.11. The topological polar surface area (TPSA) is 33.0 Å². The molecule has 0 saturated heterocycles. The zero-order valence-electron chi connectivity index (χ0n) is 12.2. The van der Waals surface area contributed by atoms with Gasteiger partial charge in [0.1, 0.15) is 5.75 Å². The molecule has 2 nitrogen and oxygen atoms in total. The van der Waals surface area contributed by atoms with E-state index in [0.717, 1.165) is 5.75 Å². The lowest BCUT2D eigenvalue weighted by atomic mass is 10.2. The SMILES string of the molecule is CC(C)(C)[Si](Oc1ccc(C#N)cc1)C(C)(C)C. The van der Waals surface area contributed by atoms with Crippen molar-refractivity contribution in [3.8, 4) is 11.8 Å². The summed E-state index contributed by atoms with van der Waals surface area (Å²) in [4.78, 5) is 0. The molecule has 0 aromatic heterocycles. The van der Waals surface area contributed by atoms with E-state index >= 15 is 0 Å². The van der Waals surface area contributed by atoms with Crippen molar-refractivity contribution in [1.82, 2.24) is 0 Å². The van der Waals surface area contributed by atoms with Crippen LogP contribution in [0.5, 0.6) is 5.75 Å². The van der Waals surface area contributed by atoms with E-state index in [1.807, 2.05) is 12.1 Å². The number of nitrogens with zero attached hydrogens (tertiary/aromatic N) is 1. The highest BCUT2D eigenvalue weighted by atomic mass is 28.3. The van der Waals surface area contributed by atoms with E-state index in [2.05, 4.69) is 47.6 Å². The van der Waals surface area contributed by atoms with Crippen LogP contribution in [0.2, 0.25) is 10.1 Å². The fraction of sp³-hybridized carbons (Fsp3) is 0.533. The summed E-state index contributed by atoms with van der Waals surface area (Å²) in [6, 6.07) is 9.51. The van der Waals surface area contributed by atoms with Crippen LogP contribution < -0.4 is 4.43 Å². The molecule has 1 rings (SSSR count). The summed E-state index contributed by atoms with van der Waals surface area (Å²) in [7, 11) is -1.03. The lowest BCUT2D eigenvalue weighted by molar-refractivity contribution is 0.462. The summed E-state index contributed by atoms with van der Waals surface area (Å²) in [6.45, 7) is 13.4. The van der Waals surface area contributed by atoms with Gasteiger partial charge < -0.3 is 4.43 Å². The summed E-state index contributed by atoms with van der Waals surface area (Å²) in [5.74, 6) is 0.868. The fourth-order valence-electron chi connectivity index (χ4n) is 2.15. The van der Waals surface area contributed by atoms with E-state index in [4.69, 9.17) is 9.69 Å². The van der Waals surface area contributed by atoms with Crippen molar-refractivity contribution in [2.45, 2.75) is 51.6 Å². The molecule has 1 radical (unpaired) electrons. The quantitative estimate of drug-likeness (QED) is 0.732. The molecule has 97 valence electrons. The lowest BCUT2D eigenvalue weighted by Crippen LogP contribution is -2.40. The molecule has 0 amide bonds. The molecule has 1 aromatic rings. The van der Waals surface area contributed by atoms with E-state index in [1.165, 1.54) is 0 Å². The highest BCUT2D eigenvalue weighted by Gasteiger charge is 2.41. The summed E-state index contributed by atoms with van der Waals surface area (Å²) < 4.78 is 6.24. The van der Waals surface area contributed by atoms with Crippen LogP contribution in [0.15, 0.2) is 24.3 Å². The zero-order valence-corrected chi connectivity index (χ0v) is 13.2. The van der Waals surface area contributed by atoms with Crippen molar-refractivity contribution >= 4 is 9.04 Å². The highest BCUT2D eigenvalue weighted by molar-refractivity contribution is 6.59. The van der Waals surface area contributed by atoms with Gasteiger partial charge in [-0.05, 0) is 34.3 Å². The van der Waals surface area contributed by atoms with Crippen molar-refractivity contribution in [3.05, 3.63) is 29.8 Å². The third-order valence-corrected chi connectivity index (χ3v) is 5.73. The smallest absolute Gasteiger partial charge is 0.292 e. The predicted octanol–water partition coefficient (Wildman–Crippen LogP) is 4.53. The maximum atomic E-state index is 8.78. The Labute approximate surface area is 112 Å². The molecule has 0 fully saturated rings. The molecule has 1 aromatic carbocycles. The molecular formula is C15H22NOSi. The van der Waals surface area contributed by atoms with Gasteiger partial charge in [-0.1, -0.05) is 41.5 Å². The first kappa shape index (κ1) is 14.8. The van der Waals surface area contributed by atoms with Crippen molar-refractivity contribution in [1.29, 1.82) is 5.26 Å². The van der Waals surface area contributed by atoms with E-state index in [-0.39, 0.29) is 10.1 Å². The van der Waals surface area contributed by atoms with Gasteiger partial charge in [-0.2, -0.15) is 5.26 Å². The number of nitriles is 1. The highest BCUT2D eigenvalue weighted by Crippen LogP contribution is 2.42. The first-order valence-corrected chi connectivity index (χ1v) is 7.61. The van der Waals surface area contributed by atoms with Gasteiger partial charge in [-0.25, -0.2) is 0 Å². The second-order valence-corrected chi connectivity index (χ2v) is 10.4. The fourth-order valence-corrected chi connectivity index (χ4v) is 5.38. The number of hydrogen-bond acceptors (Lipinski definition) is 2. The summed E-state index contributed by atoms with van der Waals surface area (Å²) >= 11 is 0. The Balaban J connectivity index is 2.94. The molecule has 0 saturated carbocycles. The maximum Gasteiger partial charge on any atom is 0.292 e. The van der Waals surface area contributed by atoms with Crippen LogP contribution in [0.4, 0.5) is 0 Å². The lowest BCUT2D eigenvalue weighted by Gasteiger charge is -2.37. The first-order chi connectivity index (χ1) is 8.14. The third kappa shape index (κ3) is 3.88. The van der Waals surface area contributed by atoms with Gasteiger partial charge in [0.15, 0.2) is 0 Å². The van der Waals surface area contributed by atoms with Gasteiger partial charge in [0, 0.05) is 0 Å². The van der Waals surface area contributed by atoms with Gasteiger partial charge in [-0.3, -0.25) is 0 Å². The van der Waals surface area contributed by atoms with Crippen LogP contribution in [0.3, 0.4) is 0 Å². The van der Waals surface area contributed by atoms with Gasteiger partial charge in [0.05, 0.1) is 11.6 Å². The van der Waals surface area contributed by atoms with Crippen molar-refractivity contribution < 1.29 is 4.43 Å². The molecule has 0 aliphatic rings. The first-order valence-electron chi connectivity index (χ1n) is 6.20. The minimum absolute atomic E-state index is 0.164. The molecule has 0 N–H and O–H groups in total. The molecule has 18 heavy (non-hydrogen) atoms. The molecule has 0 spiro atoms. The van der Waals surface area contributed by atoms with Gasteiger partial charge in [-0.15, -0.1) is 0 Å². The van der Waals surface area contributed by atoms with Crippen LogP contribution in [0.25, 0.3) is 0 Å². The number of benzene rings is 1. The predicted molar refractivity (Wildman–Crippen MR) is 77.0 cm³/mol. The average Bonchev–Trinajstić information content (AvgIpc) is 2.23. The Kier molecular flexibility index (Phi) is 4.23. The van der Waals surface area contributed by atoms with Crippen molar-refractivity contribution in [2.75, 3.05) is 0 Å². The van der Waals surface area contributed by atoms with E-state index in [1.54, 1.807) is 12.1 Å². The molecule has 0 bridgehead atoms. The van der Waals surface area contributed by atoms with Gasteiger partial charge in [0.2, 0.25) is 0 Å². The van der Waals surface area contributed by atoms with E-state index in [0.29, 0.717) is 5.56 Å². The van der Waals surface area contributed by atoms with E-state index < -0.39 is 9.04 Å². The molecular weight excluding hydrogens is 238 g/mol. The Morgan fingerprint density at radius 2 is 1.39 bits per heavy atom. The average molecular weight is 260 g/mol. The Bertz CT molecular complexity index is 418. The Morgan fingerprint density at radius 3 is 1.72 bits per heavy atom. The van der Waals surface area contributed by atoms with Crippen LogP contribution in [-0.4, -0.2) is 9.04 Å². The zero-order chi connectivity index (χ0) is 14.0. The summed E-state index contributed by atoms with van der Waals surface area (Å²) in [5.41, 5.74) is 0.669. The summed E-state index contributed by atoms with van der Waals surface area (Å²) in [6.07, 6.45) is 0. The molecule has 0 atom stereocenters. The number of hydrogen-bond donors (Lipinski definition) is 0. The molecule has 0 heterocycles. The standard InChI is InChI=1S/C15H22NOSi/c1-14(2,3)18(15(4,5)6)17-13-9-7-12(11-16)8-10-13/h7-10H,1-6H3. The van der Waals surface area contributed by atoms with Gasteiger partial charge in [0.25, 0.3) is 9.04 Å². The Morgan fingerprint density at radius 1 is 0.944 bits per heavy atom. The molecule has 0 aliphatic carbocycles. The van der Waals surface area contributed by atoms with Crippen molar-refractivity contribution in [3.63, 3.8) is 0 Å². The second-order valence-electron chi connectivity index (χ2n) is 6.57. The minimum atomic E-state index is -1.03.